The van der Waals surface area contributed by atoms with Crippen molar-refractivity contribution in [2.75, 3.05) is 6.61 Å². The first kappa shape index (κ1) is 17.4. The minimum atomic E-state index is -0.852. The molecule has 0 radical (unpaired) electrons. The van der Waals surface area contributed by atoms with Gasteiger partial charge >= 0.3 is 12.0 Å². The van der Waals surface area contributed by atoms with Crippen LogP contribution in [-0.2, 0) is 16.0 Å². The molecule has 0 fully saturated rings. The van der Waals surface area contributed by atoms with E-state index in [1.165, 1.54) is 12.7 Å². The van der Waals surface area contributed by atoms with E-state index >= 15 is 0 Å². The van der Waals surface area contributed by atoms with Crippen LogP contribution in [0.5, 0.6) is 0 Å². The summed E-state index contributed by atoms with van der Waals surface area (Å²) in [7, 11) is 0. The maximum atomic E-state index is 11.0. The topological polar surface area (TPSA) is 163 Å². The molecule has 0 atom stereocenters. The largest absolute Gasteiger partial charge is 0.462 e. The van der Waals surface area contributed by atoms with Gasteiger partial charge in [-0.15, -0.1) is 0 Å². The zero-order chi connectivity index (χ0) is 15.5. The number of ether oxygens (including phenoxy) is 1. The van der Waals surface area contributed by atoms with E-state index in [4.69, 9.17) is 4.74 Å². The summed E-state index contributed by atoms with van der Waals surface area (Å²) in [5, 5.41) is 0.306. The Labute approximate surface area is 115 Å². The van der Waals surface area contributed by atoms with Crippen LogP contribution in [0, 0.1) is 0 Å². The van der Waals surface area contributed by atoms with Crippen molar-refractivity contribution in [2.24, 2.45) is 17.4 Å². The number of hydrogen-bond donors (Lipinski definition) is 3. The normalized spacial score (nSPS) is 8.95. The van der Waals surface area contributed by atoms with E-state index in [0.29, 0.717) is 22.9 Å². The first-order valence-corrected chi connectivity index (χ1v) is 5.37. The highest BCUT2D eigenvalue weighted by Crippen LogP contribution is 1.94. The molecule has 10 heteroatoms. The lowest BCUT2D eigenvalue weighted by atomic mass is 10.3. The molecule has 110 valence electrons. The van der Waals surface area contributed by atoms with Gasteiger partial charge in [0, 0.05) is 12.0 Å². The maximum absolute atomic E-state index is 11.0. The number of amides is 2. The lowest BCUT2D eigenvalue weighted by Crippen LogP contribution is -2.46. The summed E-state index contributed by atoms with van der Waals surface area (Å²) in [6, 6.07) is -0.852. The van der Waals surface area contributed by atoms with Gasteiger partial charge in [-0.1, -0.05) is 6.58 Å². The van der Waals surface area contributed by atoms with E-state index in [0.717, 1.165) is 0 Å². The number of aromatic nitrogens is 3. The van der Waals surface area contributed by atoms with Crippen molar-refractivity contribution in [2.45, 2.75) is 13.3 Å². The summed E-state index contributed by atoms with van der Waals surface area (Å²) in [5.74, 6) is 9.36. The van der Waals surface area contributed by atoms with Gasteiger partial charge in [0.1, 0.15) is 18.5 Å². The standard InChI is InChI=1S/C9H11N3O2.CH6N4O/c1-7(2)9(13)14-4-3-8-11-5-10-6-12-8;2-1(6)5(3)4/h5-6H,1,3-4H2,2H3;3-4H2,(H2,2,6). The summed E-state index contributed by atoms with van der Waals surface area (Å²) >= 11 is 0. The first-order chi connectivity index (χ1) is 9.34. The third-order valence-corrected chi connectivity index (χ3v) is 1.71. The highest BCUT2D eigenvalue weighted by Gasteiger charge is 2.03. The van der Waals surface area contributed by atoms with Gasteiger partial charge in [-0.3, -0.25) is 0 Å². The van der Waals surface area contributed by atoms with Crippen molar-refractivity contribution in [3.8, 4) is 0 Å². The molecule has 0 saturated carbocycles. The van der Waals surface area contributed by atoms with E-state index in [1.807, 2.05) is 0 Å². The van der Waals surface area contributed by atoms with Crippen molar-refractivity contribution in [1.29, 1.82) is 0 Å². The summed E-state index contributed by atoms with van der Waals surface area (Å²) in [6.07, 6.45) is 3.30. The van der Waals surface area contributed by atoms with Crippen LogP contribution in [0.4, 0.5) is 4.79 Å². The van der Waals surface area contributed by atoms with Crippen LogP contribution in [0.25, 0.3) is 0 Å². The Hall–Kier alpha value is -2.59. The quantitative estimate of drug-likeness (QED) is 0.200. The summed E-state index contributed by atoms with van der Waals surface area (Å²) in [6.45, 7) is 5.33. The van der Waals surface area contributed by atoms with E-state index in [1.54, 1.807) is 6.92 Å². The molecule has 1 aromatic heterocycles. The second kappa shape index (κ2) is 9.35. The molecule has 0 aliphatic rings. The van der Waals surface area contributed by atoms with E-state index in [9.17, 15) is 9.59 Å². The van der Waals surface area contributed by atoms with Crippen LogP contribution >= 0.6 is 0 Å². The Morgan fingerprint density at radius 1 is 1.35 bits per heavy atom. The molecule has 0 unspecified atom stereocenters. The molecule has 0 spiro atoms. The van der Waals surface area contributed by atoms with Crippen LogP contribution in [0.2, 0.25) is 0 Å². The Morgan fingerprint density at radius 2 is 1.85 bits per heavy atom. The van der Waals surface area contributed by atoms with Crippen LogP contribution in [0.15, 0.2) is 24.8 Å². The fraction of sp³-hybridized carbons (Fsp3) is 0.300. The Kier molecular flexibility index (Phi) is 8.14. The highest BCUT2D eigenvalue weighted by atomic mass is 16.5. The molecular formula is C10H17N7O3. The zero-order valence-corrected chi connectivity index (χ0v) is 11.0. The lowest BCUT2D eigenvalue weighted by molar-refractivity contribution is -0.138. The molecule has 20 heavy (non-hydrogen) atoms. The Morgan fingerprint density at radius 3 is 2.25 bits per heavy atom. The van der Waals surface area contributed by atoms with Gasteiger partial charge < -0.3 is 10.5 Å². The number of primary amides is 1. The average molecular weight is 283 g/mol. The molecule has 10 nitrogen and oxygen atoms in total. The molecule has 1 rings (SSSR count). The number of carbonyl (C=O) groups is 2. The van der Waals surface area contributed by atoms with Gasteiger partial charge in [0.2, 0.25) is 0 Å². The van der Waals surface area contributed by atoms with Crippen LogP contribution in [-0.4, -0.2) is 38.7 Å². The minimum Gasteiger partial charge on any atom is -0.462 e. The summed E-state index contributed by atoms with van der Waals surface area (Å²) in [5.41, 5.74) is 4.86. The van der Waals surface area contributed by atoms with Gasteiger partial charge in [-0.25, -0.2) is 36.2 Å². The molecule has 0 saturated heterocycles. The predicted octanol–water partition coefficient (Wildman–Crippen LogP) is -1.35. The Bertz CT molecular complexity index is 449. The van der Waals surface area contributed by atoms with Gasteiger partial charge in [-0.2, -0.15) is 5.12 Å². The Balaban J connectivity index is 0.000000511. The number of urea groups is 1. The summed E-state index contributed by atoms with van der Waals surface area (Å²) < 4.78 is 4.87. The van der Waals surface area contributed by atoms with Crippen LogP contribution < -0.4 is 17.4 Å². The van der Waals surface area contributed by atoms with E-state index in [-0.39, 0.29) is 12.6 Å². The predicted molar refractivity (Wildman–Crippen MR) is 69.1 cm³/mol. The lowest BCUT2D eigenvalue weighted by Gasteiger charge is -2.02. The zero-order valence-electron chi connectivity index (χ0n) is 11.0. The number of nitrogens with zero attached hydrogens (tertiary/aromatic N) is 4. The molecule has 2 amide bonds. The number of hydrogen-bond acceptors (Lipinski definition) is 8. The van der Waals surface area contributed by atoms with Crippen molar-refractivity contribution in [1.82, 2.24) is 20.1 Å². The van der Waals surface area contributed by atoms with Crippen molar-refractivity contribution in [3.05, 3.63) is 30.6 Å². The smallest absolute Gasteiger partial charge is 0.343 e. The molecular weight excluding hydrogens is 266 g/mol. The van der Waals surface area contributed by atoms with Crippen LogP contribution in [0.1, 0.15) is 12.7 Å². The fourth-order valence-corrected chi connectivity index (χ4v) is 0.750. The van der Waals surface area contributed by atoms with E-state index < -0.39 is 6.03 Å². The molecule has 1 aromatic rings. The SMILES string of the molecule is C=C(C)C(=O)OCCc1ncncn1.NC(=O)N(N)N. The molecule has 0 aliphatic carbocycles. The fourth-order valence-electron chi connectivity index (χ4n) is 0.750. The second-order valence-electron chi connectivity index (χ2n) is 3.47. The second-order valence-corrected chi connectivity index (χ2v) is 3.47. The van der Waals surface area contributed by atoms with Gasteiger partial charge in [0.05, 0.1) is 6.61 Å². The highest BCUT2D eigenvalue weighted by molar-refractivity contribution is 5.86. The van der Waals surface area contributed by atoms with Gasteiger partial charge in [-0.05, 0) is 6.92 Å². The third kappa shape index (κ3) is 8.49. The molecule has 1 heterocycles. The first-order valence-electron chi connectivity index (χ1n) is 5.37. The molecule has 0 aromatic carbocycles. The monoisotopic (exact) mass is 283 g/mol. The maximum Gasteiger partial charge on any atom is 0.343 e. The minimum absolute atomic E-state index is 0.260. The average Bonchev–Trinajstić information content (AvgIpc) is 2.40. The van der Waals surface area contributed by atoms with Gasteiger partial charge in [0.15, 0.2) is 0 Å². The molecule has 6 N–H and O–H groups in total. The number of carbonyl (C=O) groups excluding carboxylic acids is 2. The van der Waals surface area contributed by atoms with Crippen molar-refractivity contribution < 1.29 is 14.3 Å². The molecule has 0 aliphatic heterocycles. The van der Waals surface area contributed by atoms with Crippen LogP contribution in [0.3, 0.4) is 0 Å². The van der Waals surface area contributed by atoms with Crippen molar-refractivity contribution in [3.63, 3.8) is 0 Å². The third-order valence-electron chi connectivity index (χ3n) is 1.71. The number of rotatable bonds is 4. The number of esters is 1. The van der Waals surface area contributed by atoms with Gasteiger partial charge in [0.25, 0.3) is 0 Å². The summed E-state index contributed by atoms with van der Waals surface area (Å²) in [4.78, 5) is 32.0. The number of nitrogens with two attached hydrogens (primary N) is 3. The van der Waals surface area contributed by atoms with Crippen molar-refractivity contribution >= 4 is 12.0 Å². The molecule has 0 bridgehead atoms. The number of hydrazine groups is 2. The van der Waals surface area contributed by atoms with E-state index in [2.05, 4.69) is 38.9 Å².